The van der Waals surface area contributed by atoms with Gasteiger partial charge in [-0.1, -0.05) is 0 Å². The maximum Gasteiger partial charge on any atom is 0.228 e. The van der Waals surface area contributed by atoms with Crippen LogP contribution in [0.15, 0.2) is 24.3 Å². The molecule has 0 radical (unpaired) electrons. The first kappa shape index (κ1) is 17.6. The number of hydrogen-bond donors (Lipinski definition) is 1. The summed E-state index contributed by atoms with van der Waals surface area (Å²) in [6.45, 7) is 1.75. The largest absolute Gasteiger partial charge is 0.497 e. The van der Waals surface area contributed by atoms with E-state index in [2.05, 4.69) is 0 Å². The zero-order valence-electron chi connectivity index (χ0n) is 13.1. The van der Waals surface area contributed by atoms with Crippen molar-refractivity contribution in [1.82, 2.24) is 4.90 Å². The van der Waals surface area contributed by atoms with Crippen molar-refractivity contribution in [2.75, 3.05) is 31.6 Å². The number of amides is 2. The molecule has 2 N–H and O–H groups in total. The second-order valence-electron chi connectivity index (χ2n) is 5.94. The van der Waals surface area contributed by atoms with Crippen LogP contribution in [0.4, 0.5) is 5.69 Å². The SMILES string of the molecule is COc1ccc(N2CC(C(=O)N3CC[C@@H](N)C3)CC2=O)cc1.Cl. The molecule has 0 bridgehead atoms. The van der Waals surface area contributed by atoms with Gasteiger partial charge >= 0.3 is 0 Å². The molecule has 3 rings (SSSR count). The Morgan fingerprint density at radius 3 is 2.52 bits per heavy atom. The first-order chi connectivity index (χ1) is 10.6. The number of hydrogen-bond acceptors (Lipinski definition) is 4. The second kappa shape index (κ2) is 7.19. The van der Waals surface area contributed by atoms with Crippen LogP contribution in [0.25, 0.3) is 0 Å². The summed E-state index contributed by atoms with van der Waals surface area (Å²) in [6, 6.07) is 7.39. The maximum absolute atomic E-state index is 12.5. The monoisotopic (exact) mass is 339 g/mol. The van der Waals surface area contributed by atoms with Crippen molar-refractivity contribution in [3.05, 3.63) is 24.3 Å². The van der Waals surface area contributed by atoms with E-state index in [0.717, 1.165) is 17.9 Å². The molecule has 2 heterocycles. The number of likely N-dealkylation sites (tertiary alicyclic amines) is 1. The van der Waals surface area contributed by atoms with E-state index in [1.54, 1.807) is 16.9 Å². The average molecular weight is 340 g/mol. The van der Waals surface area contributed by atoms with Gasteiger partial charge in [-0.05, 0) is 30.7 Å². The molecule has 2 fully saturated rings. The van der Waals surface area contributed by atoms with Crippen LogP contribution in [-0.2, 0) is 9.59 Å². The van der Waals surface area contributed by atoms with Crippen molar-refractivity contribution in [2.24, 2.45) is 11.7 Å². The van der Waals surface area contributed by atoms with Gasteiger partial charge in [-0.15, -0.1) is 12.4 Å². The molecular weight excluding hydrogens is 318 g/mol. The number of rotatable bonds is 3. The van der Waals surface area contributed by atoms with E-state index in [-0.39, 0.29) is 42.6 Å². The summed E-state index contributed by atoms with van der Waals surface area (Å²) in [5, 5.41) is 0. The van der Waals surface area contributed by atoms with Crippen LogP contribution in [0, 0.1) is 5.92 Å². The van der Waals surface area contributed by atoms with Crippen molar-refractivity contribution in [1.29, 1.82) is 0 Å². The Kier molecular flexibility index (Phi) is 5.49. The van der Waals surface area contributed by atoms with Crippen LogP contribution in [-0.4, -0.2) is 49.5 Å². The molecular formula is C16H22ClN3O3. The van der Waals surface area contributed by atoms with Crippen LogP contribution in [0.1, 0.15) is 12.8 Å². The Hall–Kier alpha value is -1.79. The Labute approximate surface area is 142 Å². The number of carbonyl (C=O) groups excluding carboxylic acids is 2. The van der Waals surface area contributed by atoms with Crippen LogP contribution in [0.3, 0.4) is 0 Å². The first-order valence-electron chi connectivity index (χ1n) is 7.57. The minimum Gasteiger partial charge on any atom is -0.497 e. The van der Waals surface area contributed by atoms with Gasteiger partial charge in [0.2, 0.25) is 11.8 Å². The number of nitrogens with two attached hydrogens (primary N) is 1. The quantitative estimate of drug-likeness (QED) is 0.892. The van der Waals surface area contributed by atoms with Gasteiger partial charge in [0, 0.05) is 37.8 Å². The third-order valence-corrected chi connectivity index (χ3v) is 4.39. The number of methoxy groups -OCH3 is 1. The highest BCUT2D eigenvalue weighted by atomic mass is 35.5. The van der Waals surface area contributed by atoms with Gasteiger partial charge < -0.3 is 20.3 Å². The molecule has 2 amide bonds. The lowest BCUT2D eigenvalue weighted by molar-refractivity contribution is -0.134. The molecule has 2 saturated heterocycles. The molecule has 23 heavy (non-hydrogen) atoms. The number of halogens is 1. The number of benzene rings is 1. The van der Waals surface area contributed by atoms with E-state index in [0.29, 0.717) is 19.6 Å². The standard InChI is InChI=1S/C16H21N3O3.ClH/c1-22-14-4-2-13(3-5-14)19-9-11(8-15(19)20)16(21)18-7-6-12(17)10-18;/h2-5,11-12H,6-10,17H2,1H3;1H/t11?,12-;/m1./s1. The fourth-order valence-electron chi connectivity index (χ4n) is 3.13. The van der Waals surface area contributed by atoms with Crippen molar-refractivity contribution in [2.45, 2.75) is 18.9 Å². The van der Waals surface area contributed by atoms with Crippen LogP contribution >= 0.6 is 12.4 Å². The molecule has 7 heteroatoms. The second-order valence-corrected chi connectivity index (χ2v) is 5.94. The predicted octanol–water partition coefficient (Wildman–Crippen LogP) is 1.03. The molecule has 0 saturated carbocycles. The molecule has 2 aliphatic rings. The predicted molar refractivity (Wildman–Crippen MR) is 89.9 cm³/mol. The smallest absolute Gasteiger partial charge is 0.228 e. The number of carbonyl (C=O) groups is 2. The van der Waals surface area contributed by atoms with Crippen LogP contribution in [0.2, 0.25) is 0 Å². The highest BCUT2D eigenvalue weighted by Crippen LogP contribution is 2.28. The van der Waals surface area contributed by atoms with Gasteiger partial charge in [-0.25, -0.2) is 0 Å². The van der Waals surface area contributed by atoms with E-state index in [1.165, 1.54) is 0 Å². The van der Waals surface area contributed by atoms with Gasteiger partial charge in [0.25, 0.3) is 0 Å². The van der Waals surface area contributed by atoms with Crippen LogP contribution < -0.4 is 15.4 Å². The van der Waals surface area contributed by atoms with E-state index >= 15 is 0 Å². The minimum absolute atomic E-state index is 0. The topological polar surface area (TPSA) is 75.9 Å². The van der Waals surface area contributed by atoms with Crippen molar-refractivity contribution >= 4 is 29.9 Å². The number of ether oxygens (including phenoxy) is 1. The van der Waals surface area contributed by atoms with E-state index < -0.39 is 0 Å². The van der Waals surface area contributed by atoms with Crippen molar-refractivity contribution in [3.8, 4) is 5.75 Å². The lowest BCUT2D eigenvalue weighted by Crippen LogP contribution is -2.37. The number of anilines is 1. The van der Waals surface area contributed by atoms with Crippen molar-refractivity contribution in [3.63, 3.8) is 0 Å². The normalized spacial score (nSPS) is 23.8. The molecule has 1 aromatic carbocycles. The fourth-order valence-corrected chi connectivity index (χ4v) is 3.13. The van der Waals surface area contributed by atoms with Crippen LogP contribution in [0.5, 0.6) is 5.75 Å². The summed E-state index contributed by atoms with van der Waals surface area (Å²) < 4.78 is 5.12. The fraction of sp³-hybridized carbons (Fsp3) is 0.500. The first-order valence-corrected chi connectivity index (χ1v) is 7.57. The summed E-state index contributed by atoms with van der Waals surface area (Å²) in [6.07, 6.45) is 1.12. The summed E-state index contributed by atoms with van der Waals surface area (Å²) in [5.74, 6) is 0.526. The Morgan fingerprint density at radius 2 is 1.96 bits per heavy atom. The van der Waals surface area contributed by atoms with Gasteiger partial charge in [-0.2, -0.15) is 0 Å². The van der Waals surface area contributed by atoms with E-state index in [4.69, 9.17) is 10.5 Å². The molecule has 0 aliphatic carbocycles. The van der Waals surface area contributed by atoms with Gasteiger partial charge in [-0.3, -0.25) is 9.59 Å². The van der Waals surface area contributed by atoms with E-state index in [1.807, 2.05) is 24.3 Å². The Balaban J connectivity index is 0.00000192. The molecule has 126 valence electrons. The lowest BCUT2D eigenvalue weighted by Gasteiger charge is -2.21. The number of nitrogens with zero attached hydrogens (tertiary/aromatic N) is 2. The van der Waals surface area contributed by atoms with E-state index in [9.17, 15) is 9.59 Å². The summed E-state index contributed by atoms with van der Waals surface area (Å²) in [7, 11) is 1.60. The van der Waals surface area contributed by atoms with Gasteiger partial charge in [0.05, 0.1) is 13.0 Å². The third kappa shape index (κ3) is 3.59. The highest BCUT2D eigenvalue weighted by Gasteiger charge is 2.38. The molecule has 1 aromatic rings. The molecule has 2 atom stereocenters. The zero-order valence-corrected chi connectivity index (χ0v) is 13.9. The Morgan fingerprint density at radius 1 is 1.26 bits per heavy atom. The van der Waals surface area contributed by atoms with Gasteiger partial charge in [0.15, 0.2) is 0 Å². The molecule has 0 aromatic heterocycles. The molecule has 0 spiro atoms. The minimum atomic E-state index is -0.264. The highest BCUT2D eigenvalue weighted by molar-refractivity contribution is 6.00. The third-order valence-electron chi connectivity index (χ3n) is 4.39. The summed E-state index contributed by atoms with van der Waals surface area (Å²) in [4.78, 5) is 28.2. The molecule has 2 aliphatic heterocycles. The molecule has 6 nitrogen and oxygen atoms in total. The average Bonchev–Trinajstić information content (AvgIpc) is 3.13. The lowest BCUT2D eigenvalue weighted by atomic mass is 10.1. The van der Waals surface area contributed by atoms with Crippen molar-refractivity contribution < 1.29 is 14.3 Å². The summed E-state index contributed by atoms with van der Waals surface area (Å²) in [5.41, 5.74) is 6.66. The zero-order chi connectivity index (χ0) is 15.7. The Bertz CT molecular complexity index is 578. The maximum atomic E-state index is 12.5. The summed E-state index contributed by atoms with van der Waals surface area (Å²) >= 11 is 0. The van der Waals surface area contributed by atoms with Gasteiger partial charge in [0.1, 0.15) is 5.75 Å². The molecule has 1 unspecified atom stereocenters.